The van der Waals surface area contributed by atoms with Crippen molar-refractivity contribution in [1.29, 1.82) is 0 Å². The normalized spacial score (nSPS) is 9.33. The van der Waals surface area contributed by atoms with Crippen LogP contribution < -0.4 is 16.2 Å². The Kier molecular flexibility index (Phi) is 1.27. The molecule has 0 bridgehead atoms. The van der Waals surface area contributed by atoms with Crippen LogP contribution in [0.2, 0.25) is 0 Å². The molecule has 0 aliphatic carbocycles. The monoisotopic (exact) mass is 119 g/mol. The Balaban J connectivity index is 3.53. The molecule has 1 nitrogen and oxygen atoms in total. The van der Waals surface area contributed by atoms with Gasteiger partial charge in [0.15, 0.2) is 0 Å². The van der Waals surface area contributed by atoms with Gasteiger partial charge < -0.3 is 5.73 Å². The molecule has 0 aromatic heterocycles. The zero-order valence-corrected chi connectivity index (χ0v) is 5.22. The lowest BCUT2D eigenvalue weighted by Crippen LogP contribution is -2.20. The summed E-state index contributed by atoms with van der Waals surface area (Å²) in [5.41, 5.74) is 6.20. The van der Waals surface area contributed by atoms with Crippen LogP contribution in [0.15, 0.2) is 18.2 Å². The second kappa shape index (κ2) is 1.94. The maximum atomic E-state index is 5.46. The molecule has 0 saturated heterocycles. The zero-order chi connectivity index (χ0) is 6.85. The van der Waals surface area contributed by atoms with Gasteiger partial charge >= 0.3 is 0 Å². The molecule has 0 spiro atoms. The van der Waals surface area contributed by atoms with Gasteiger partial charge in [0.25, 0.3) is 0 Å². The van der Waals surface area contributed by atoms with Gasteiger partial charge in [-0.3, -0.25) is 0 Å². The van der Waals surface area contributed by atoms with Crippen molar-refractivity contribution in [2.24, 2.45) is 0 Å². The van der Waals surface area contributed by atoms with Crippen LogP contribution in [-0.4, -0.2) is 0 Å². The van der Waals surface area contributed by atoms with Crippen molar-refractivity contribution < 1.29 is 0 Å². The summed E-state index contributed by atoms with van der Waals surface area (Å²) >= 11 is 0. The summed E-state index contributed by atoms with van der Waals surface area (Å²) in [5, 5.41) is 1.83. The number of rotatable bonds is 0. The molecule has 0 aliphatic rings. The molecule has 1 heteroatoms. The Labute approximate surface area is 54.1 Å². The van der Waals surface area contributed by atoms with Crippen LogP contribution in [0.5, 0.6) is 0 Å². The molecule has 0 fully saturated rings. The van der Waals surface area contributed by atoms with Gasteiger partial charge in [0.1, 0.15) is 0 Å². The second-order valence-electron chi connectivity index (χ2n) is 2.03. The molecule has 0 amide bonds. The molecular weight excluding hydrogens is 110 g/mol. The SMILES string of the molecule is C=c1ccc(N)cc1=C. The van der Waals surface area contributed by atoms with Gasteiger partial charge in [-0.25, -0.2) is 0 Å². The number of hydrogen-bond donors (Lipinski definition) is 1. The lowest BCUT2D eigenvalue weighted by Gasteiger charge is -1.88. The summed E-state index contributed by atoms with van der Waals surface area (Å²) in [6, 6.07) is 5.48. The van der Waals surface area contributed by atoms with E-state index in [9.17, 15) is 0 Å². The van der Waals surface area contributed by atoms with Gasteiger partial charge in [0.05, 0.1) is 0 Å². The van der Waals surface area contributed by atoms with Gasteiger partial charge in [0.2, 0.25) is 0 Å². The van der Waals surface area contributed by atoms with Gasteiger partial charge in [0, 0.05) is 5.69 Å². The average molecular weight is 119 g/mol. The Morgan fingerprint density at radius 1 is 1.11 bits per heavy atom. The summed E-state index contributed by atoms with van der Waals surface area (Å²) in [6.45, 7) is 7.48. The molecule has 0 saturated carbocycles. The molecule has 0 atom stereocenters. The first kappa shape index (κ1) is 5.89. The standard InChI is InChI=1S/C8H9N/c1-6-3-4-8(9)5-7(6)2/h3-5H,1-2,9H2. The third-order valence-corrected chi connectivity index (χ3v) is 1.23. The number of anilines is 1. The van der Waals surface area contributed by atoms with Gasteiger partial charge in [-0.2, -0.15) is 0 Å². The van der Waals surface area contributed by atoms with E-state index in [0.717, 1.165) is 16.1 Å². The number of nitrogen functional groups attached to an aromatic ring is 1. The molecule has 46 valence electrons. The summed E-state index contributed by atoms with van der Waals surface area (Å²) < 4.78 is 0. The van der Waals surface area contributed by atoms with Crippen LogP contribution in [-0.2, 0) is 0 Å². The Hall–Kier alpha value is -1.24. The van der Waals surface area contributed by atoms with Crippen molar-refractivity contribution in [1.82, 2.24) is 0 Å². The lowest BCUT2D eigenvalue weighted by atomic mass is 10.2. The molecule has 0 unspecified atom stereocenters. The van der Waals surface area contributed by atoms with Gasteiger partial charge in [-0.05, 0) is 22.6 Å². The smallest absolute Gasteiger partial charge is 0.0320 e. The highest BCUT2D eigenvalue weighted by atomic mass is 14.5. The predicted molar refractivity (Wildman–Crippen MR) is 41.1 cm³/mol. The minimum absolute atomic E-state index is 0.743. The summed E-state index contributed by atoms with van der Waals surface area (Å²) in [6.07, 6.45) is 0. The van der Waals surface area contributed by atoms with E-state index in [1.165, 1.54) is 0 Å². The highest BCUT2D eigenvalue weighted by Gasteiger charge is 1.80. The number of hydrogen-bond acceptors (Lipinski definition) is 1. The van der Waals surface area contributed by atoms with Crippen LogP contribution in [0.3, 0.4) is 0 Å². The van der Waals surface area contributed by atoms with Crippen molar-refractivity contribution in [3.63, 3.8) is 0 Å². The van der Waals surface area contributed by atoms with E-state index >= 15 is 0 Å². The van der Waals surface area contributed by atoms with E-state index in [1.807, 2.05) is 18.2 Å². The molecule has 1 aromatic carbocycles. The maximum Gasteiger partial charge on any atom is 0.0320 e. The van der Waals surface area contributed by atoms with Gasteiger partial charge in [-0.15, -0.1) is 0 Å². The van der Waals surface area contributed by atoms with E-state index in [-0.39, 0.29) is 0 Å². The fourth-order valence-electron chi connectivity index (χ4n) is 0.646. The van der Waals surface area contributed by atoms with E-state index in [2.05, 4.69) is 13.2 Å². The highest BCUT2D eigenvalue weighted by Crippen LogP contribution is 1.88. The number of benzene rings is 1. The quantitative estimate of drug-likeness (QED) is 0.481. The lowest BCUT2D eigenvalue weighted by molar-refractivity contribution is 1.54. The first-order valence-electron chi connectivity index (χ1n) is 2.73. The molecule has 0 radical (unpaired) electrons. The van der Waals surface area contributed by atoms with Crippen molar-refractivity contribution >= 4 is 18.8 Å². The molecule has 0 aliphatic heterocycles. The highest BCUT2D eigenvalue weighted by molar-refractivity contribution is 5.38. The van der Waals surface area contributed by atoms with Crippen LogP contribution >= 0.6 is 0 Å². The Bertz CT molecular complexity index is 301. The predicted octanol–water partition coefficient (Wildman–Crippen LogP) is 0.0894. The largest absolute Gasteiger partial charge is 0.399 e. The number of nitrogens with two attached hydrogens (primary N) is 1. The van der Waals surface area contributed by atoms with Crippen LogP contribution in [0, 0.1) is 0 Å². The van der Waals surface area contributed by atoms with E-state index in [0.29, 0.717) is 0 Å². The summed E-state index contributed by atoms with van der Waals surface area (Å²) in [4.78, 5) is 0. The van der Waals surface area contributed by atoms with Gasteiger partial charge in [-0.1, -0.05) is 19.2 Å². The van der Waals surface area contributed by atoms with E-state index in [4.69, 9.17) is 5.73 Å². The summed E-state index contributed by atoms with van der Waals surface area (Å²) in [5.74, 6) is 0. The first-order chi connectivity index (χ1) is 4.20. The van der Waals surface area contributed by atoms with Crippen LogP contribution in [0.4, 0.5) is 5.69 Å². The molecule has 2 N–H and O–H groups in total. The van der Waals surface area contributed by atoms with Crippen molar-refractivity contribution in [3.8, 4) is 0 Å². The van der Waals surface area contributed by atoms with Crippen molar-refractivity contribution in [2.75, 3.05) is 5.73 Å². The second-order valence-corrected chi connectivity index (χ2v) is 2.03. The topological polar surface area (TPSA) is 26.0 Å². The fourth-order valence-corrected chi connectivity index (χ4v) is 0.646. The van der Waals surface area contributed by atoms with Crippen LogP contribution in [0.1, 0.15) is 0 Å². The third kappa shape index (κ3) is 1.11. The third-order valence-electron chi connectivity index (χ3n) is 1.23. The summed E-state index contributed by atoms with van der Waals surface area (Å²) in [7, 11) is 0. The van der Waals surface area contributed by atoms with Crippen molar-refractivity contribution in [3.05, 3.63) is 28.6 Å². The van der Waals surface area contributed by atoms with Crippen molar-refractivity contribution in [2.45, 2.75) is 0 Å². The molecule has 9 heavy (non-hydrogen) atoms. The van der Waals surface area contributed by atoms with E-state index in [1.54, 1.807) is 0 Å². The fraction of sp³-hybridized carbons (Fsp3) is 0. The maximum absolute atomic E-state index is 5.46. The van der Waals surface area contributed by atoms with Crippen LogP contribution in [0.25, 0.3) is 13.2 Å². The molecule has 1 rings (SSSR count). The Morgan fingerprint density at radius 2 is 1.78 bits per heavy atom. The minimum atomic E-state index is 0.743. The molecule has 0 heterocycles. The average Bonchev–Trinajstić information content (AvgIpc) is 1.80. The minimum Gasteiger partial charge on any atom is -0.399 e. The van der Waals surface area contributed by atoms with E-state index < -0.39 is 0 Å². The zero-order valence-electron chi connectivity index (χ0n) is 5.22. The molecular formula is C8H9N. The molecule has 1 aromatic rings. The Morgan fingerprint density at radius 3 is 2.22 bits per heavy atom. The first-order valence-corrected chi connectivity index (χ1v) is 2.73.